The number of carboxylic acids is 2. The number of carbonyl (C=O) groups excluding carboxylic acids is 5. The van der Waals surface area contributed by atoms with Crippen molar-refractivity contribution in [2.24, 2.45) is 29.2 Å². The number of likely N-dealkylation sites (N-methyl/N-ethyl adjacent to an activating group) is 4. The topological polar surface area (TPSA) is 607 Å². The van der Waals surface area contributed by atoms with Gasteiger partial charge in [0.2, 0.25) is 18.1 Å². The lowest BCUT2D eigenvalue weighted by Crippen LogP contribution is -2.59. The molecule has 9 heterocycles. The standard InChI is InChI=1S/C53H87N5O21.C22H31N5O12/c1-27(2)18-16-14-12-10-11-13-15-17-19-31(74-35(60)22-28(3)23-36(61)77-51-29(4)44(71-8)45(72-9)30(5)73-51)24-37(62)75-33-26-56(6)39(48(67)57(7)38(33)50(68)69)46(79-52-43(66)40(63)32(25-54)76-52)47-41(64)42(65)49(78-47)58-21-20-34(59)55-53(58)70;1-25-5-3-8(20(34)35)26(2)18(33)11(25)16(39-21-15(32)12(29)9(7-23)37-21)17-13(30)14(31)19(38-17)27-6-4-10(28)24-22(27)36/h20-21,27-33,38-47,49,51-52,63-66H,10-19,22-26,54H2,1-9H3,(H,68,69)(H,55,59,70);3-4,6,9,11-17,19,21,29-32H,5,7,23H2,1-2H3,(H,34,35)(H,24,28,36)/t28?,29?,30?,31?,32?,33-,38-,39-,40?,41?,42?,43?,44?,45?,46-,47?,49?,51?,52?;9?,11-,12?,13?,14?,15?,16-,17?,19?,21?/m00/s1. The molecule has 6 saturated heterocycles. The lowest BCUT2D eigenvalue weighted by molar-refractivity contribution is -0.273. The first-order chi connectivity index (χ1) is 55.8. The Morgan fingerprint density at radius 1 is 0.551 bits per heavy atom. The average Bonchev–Trinajstić information content (AvgIpc) is 1.61. The first kappa shape index (κ1) is 96.0. The van der Waals surface area contributed by atoms with Crippen molar-refractivity contribution < 1.29 is 141 Å². The van der Waals surface area contributed by atoms with Crippen LogP contribution in [0.3, 0.4) is 0 Å². The Morgan fingerprint density at radius 2 is 1.02 bits per heavy atom. The van der Waals surface area contributed by atoms with E-state index in [1.165, 1.54) is 57.0 Å². The van der Waals surface area contributed by atoms with Crippen LogP contribution in [0.15, 0.2) is 55.5 Å². The van der Waals surface area contributed by atoms with Gasteiger partial charge in [-0.3, -0.25) is 62.5 Å². The normalized spacial score (nSPS) is 33.9. The van der Waals surface area contributed by atoms with Crippen LogP contribution in [0.2, 0.25) is 0 Å². The first-order valence-electron chi connectivity index (χ1n) is 39.6. The molecule has 0 aromatic carbocycles. The van der Waals surface area contributed by atoms with Gasteiger partial charge in [0.15, 0.2) is 31.1 Å². The third kappa shape index (κ3) is 23.2. The number of hydrogen-bond donors (Lipinski definition) is 14. The van der Waals surface area contributed by atoms with Gasteiger partial charge in [-0.1, -0.05) is 79.1 Å². The molecule has 0 saturated carbocycles. The average molecular weight is 1690 g/mol. The van der Waals surface area contributed by atoms with Crippen molar-refractivity contribution in [1.29, 1.82) is 0 Å². The molecule has 0 aliphatic carbocycles. The Kier molecular flexibility index (Phi) is 35.3. The number of aromatic amines is 2. The molecule has 9 rings (SSSR count). The number of nitrogens with zero attached hydrogens (tertiary/aromatic N) is 6. The number of nitrogens with two attached hydrogens (primary N) is 2. The lowest BCUT2D eigenvalue weighted by Gasteiger charge is -2.42. The lowest BCUT2D eigenvalue weighted by atomic mass is 9.92. The molecule has 23 unspecified atom stereocenters. The fraction of sp³-hybridized carbons (Fsp3) is 0.773. The van der Waals surface area contributed by atoms with Crippen LogP contribution in [0.5, 0.6) is 0 Å². The predicted octanol–water partition coefficient (Wildman–Crippen LogP) is -5.00. The van der Waals surface area contributed by atoms with Gasteiger partial charge in [0.1, 0.15) is 122 Å². The summed E-state index contributed by atoms with van der Waals surface area (Å²) in [6, 6.07) is -2.97. The second-order valence-corrected chi connectivity index (χ2v) is 31.6. The van der Waals surface area contributed by atoms with Gasteiger partial charge in [-0.15, -0.1) is 0 Å². The van der Waals surface area contributed by atoms with E-state index >= 15 is 0 Å². The highest BCUT2D eigenvalue weighted by Crippen LogP contribution is 2.40. The number of aromatic nitrogens is 4. The third-order valence-electron chi connectivity index (χ3n) is 22.5. The van der Waals surface area contributed by atoms with Gasteiger partial charge in [0.25, 0.3) is 11.1 Å². The molecule has 43 nitrogen and oxygen atoms in total. The van der Waals surface area contributed by atoms with E-state index < -0.39 is 242 Å². The van der Waals surface area contributed by atoms with Crippen molar-refractivity contribution >= 4 is 41.7 Å². The predicted molar refractivity (Wildman–Crippen MR) is 404 cm³/mol. The maximum atomic E-state index is 14.7. The van der Waals surface area contributed by atoms with Crippen molar-refractivity contribution in [2.75, 3.05) is 68.6 Å². The molecule has 7 aliphatic rings. The summed E-state index contributed by atoms with van der Waals surface area (Å²) in [5.74, 6) is -7.30. The molecule has 6 fully saturated rings. The van der Waals surface area contributed by atoms with E-state index in [4.69, 9.17) is 68.3 Å². The number of nitrogens with one attached hydrogen (secondary N) is 2. The number of amides is 2. The van der Waals surface area contributed by atoms with Crippen molar-refractivity contribution in [3.05, 3.63) is 78.0 Å². The van der Waals surface area contributed by atoms with Crippen LogP contribution >= 0.6 is 0 Å². The maximum Gasteiger partial charge on any atom is 0.352 e. The molecule has 43 heteroatoms. The van der Waals surface area contributed by atoms with E-state index in [1.54, 1.807) is 21.0 Å². The summed E-state index contributed by atoms with van der Waals surface area (Å²) in [4.78, 5) is 151. The van der Waals surface area contributed by atoms with E-state index in [-0.39, 0.29) is 56.6 Å². The molecule has 0 radical (unpaired) electrons. The van der Waals surface area contributed by atoms with E-state index in [1.807, 2.05) is 16.9 Å². The Balaban J connectivity index is 0.000000369. The molecule has 2 amide bonds. The first-order valence-corrected chi connectivity index (χ1v) is 39.6. The number of hydrogen-bond acceptors (Lipinski definition) is 35. The fourth-order valence-corrected chi connectivity index (χ4v) is 15.9. The molecule has 2 aromatic heterocycles. The van der Waals surface area contributed by atoms with Crippen LogP contribution in [0.4, 0.5) is 0 Å². The number of H-pyrrole nitrogens is 2. The molecular weight excluding hydrogens is 1570 g/mol. The number of methoxy groups -OCH3 is 2. The second-order valence-electron chi connectivity index (χ2n) is 31.6. The highest BCUT2D eigenvalue weighted by molar-refractivity contribution is 5.95. The number of carbonyl (C=O) groups is 7. The summed E-state index contributed by atoms with van der Waals surface area (Å²) < 4.78 is 71.5. The van der Waals surface area contributed by atoms with Crippen LogP contribution < -0.4 is 34.0 Å². The van der Waals surface area contributed by atoms with Gasteiger partial charge in [-0.05, 0) is 51.8 Å². The van der Waals surface area contributed by atoms with Crippen LogP contribution in [0.1, 0.15) is 131 Å². The molecule has 2 aromatic rings. The number of carboxylic acid groups (broad SMARTS) is 2. The minimum atomic E-state index is -1.96. The van der Waals surface area contributed by atoms with Gasteiger partial charge in [0, 0.05) is 97.8 Å². The second kappa shape index (κ2) is 43.4. The van der Waals surface area contributed by atoms with E-state index in [2.05, 4.69) is 13.8 Å². The summed E-state index contributed by atoms with van der Waals surface area (Å²) in [5.41, 5.74) is 7.55. The molecule has 0 spiro atoms. The Labute approximate surface area is 678 Å². The minimum Gasteiger partial charge on any atom is -0.480 e. The van der Waals surface area contributed by atoms with Crippen LogP contribution in [0.25, 0.3) is 0 Å². The number of esters is 3. The van der Waals surface area contributed by atoms with Crippen molar-refractivity contribution in [2.45, 2.75) is 284 Å². The van der Waals surface area contributed by atoms with Crippen LogP contribution in [-0.2, 0) is 90.4 Å². The summed E-state index contributed by atoms with van der Waals surface area (Å²) >= 11 is 0. The maximum absolute atomic E-state index is 14.7. The number of rotatable bonds is 36. The number of aliphatic hydroxyl groups is 8. The Bertz CT molecular complexity index is 3960. The van der Waals surface area contributed by atoms with Crippen LogP contribution in [-0.4, -0.2) is 353 Å². The summed E-state index contributed by atoms with van der Waals surface area (Å²) in [6.45, 7) is 8.65. The summed E-state index contributed by atoms with van der Waals surface area (Å²) in [6.07, 6.45) is -22.4. The summed E-state index contributed by atoms with van der Waals surface area (Å²) in [5, 5.41) is 107. The molecule has 7 aliphatic heterocycles. The highest BCUT2D eigenvalue weighted by Gasteiger charge is 2.59. The van der Waals surface area contributed by atoms with Gasteiger partial charge in [-0.25, -0.2) is 19.2 Å². The van der Waals surface area contributed by atoms with Crippen molar-refractivity contribution in [3.8, 4) is 0 Å². The largest absolute Gasteiger partial charge is 0.480 e. The van der Waals surface area contributed by atoms with Gasteiger partial charge < -0.3 is 129 Å². The number of unbranched alkanes of at least 4 members (excludes halogenated alkanes) is 7. The quantitative estimate of drug-likeness (QED) is 0.0173. The van der Waals surface area contributed by atoms with Gasteiger partial charge in [0.05, 0.1) is 18.6 Å². The SMILES string of the molecule is CN1C(=O)[C@H]([C@H](OC2OC(CN)C(O)C2O)C2OC(n3ccc(=O)[nH]c3=O)C(O)C2O)N(C)CC=C1C(=O)O.COC1C(C)OC(OC(=O)CC(C)CC(=O)OC(CCCCCCCCCCC(C)C)CC(=O)O[C@H]2CN(C)[C@@H]([C@H](OC3OC(CN)C(O)C3O)C3OC(n4ccc(=O)[nH]c4=O)C(O)C3O)C(=O)N(C)[C@@H]2C(=O)O)C(C)C1OC. The van der Waals surface area contributed by atoms with E-state index in [9.17, 15) is 104 Å². The third-order valence-corrected chi connectivity index (χ3v) is 22.5. The molecular formula is C75H118N10O33. The van der Waals surface area contributed by atoms with Gasteiger partial charge >= 0.3 is 41.2 Å². The zero-order valence-electron chi connectivity index (χ0n) is 67.9. The van der Waals surface area contributed by atoms with E-state index in [0.717, 1.165) is 89.0 Å². The molecule has 666 valence electrons. The van der Waals surface area contributed by atoms with Crippen molar-refractivity contribution in [3.63, 3.8) is 0 Å². The number of aliphatic carboxylic acids is 2. The fourth-order valence-electron chi connectivity index (χ4n) is 15.9. The number of aliphatic hydroxyl groups excluding tert-OH is 8. The molecule has 0 bridgehead atoms. The van der Waals surface area contributed by atoms with Crippen LogP contribution in [0, 0.1) is 17.8 Å². The zero-order valence-corrected chi connectivity index (χ0v) is 67.9. The Hall–Kier alpha value is -7.45. The molecule has 16 N–H and O–H groups in total. The number of ether oxygens (including phenoxy) is 12. The highest BCUT2D eigenvalue weighted by atomic mass is 16.7. The van der Waals surface area contributed by atoms with E-state index in [0.29, 0.717) is 12.3 Å². The minimum absolute atomic E-state index is 0.0709. The van der Waals surface area contributed by atoms with Crippen molar-refractivity contribution in [1.82, 2.24) is 38.7 Å². The van der Waals surface area contributed by atoms with Gasteiger partial charge in [-0.2, -0.15) is 0 Å². The Morgan fingerprint density at radius 3 is 1.47 bits per heavy atom. The molecule has 29 atom stereocenters. The summed E-state index contributed by atoms with van der Waals surface area (Å²) in [7, 11) is 8.26. The zero-order chi connectivity index (χ0) is 87.2. The monoisotopic (exact) mass is 1690 g/mol. The smallest absolute Gasteiger partial charge is 0.352 e. The molecule has 118 heavy (non-hydrogen) atoms.